The number of carbonyl (C=O) groups excluding carboxylic acids is 1. The first-order valence-electron chi connectivity index (χ1n) is 2.88. The third-order valence-corrected chi connectivity index (χ3v) is 1.19. The predicted molar refractivity (Wildman–Crippen MR) is 39.7 cm³/mol. The van der Waals surface area contributed by atoms with Gasteiger partial charge in [0.05, 0.1) is 6.61 Å². The molecule has 0 bridgehead atoms. The molecule has 0 aliphatic heterocycles. The highest BCUT2D eigenvalue weighted by atomic mass is 35.5. The quantitative estimate of drug-likeness (QED) is 0.345. The van der Waals surface area contributed by atoms with Crippen molar-refractivity contribution in [3.8, 4) is 12.3 Å². The summed E-state index contributed by atoms with van der Waals surface area (Å²) in [6.07, 6.45) is 4.95. The normalized spacial score (nSPS) is 15.0. The summed E-state index contributed by atoms with van der Waals surface area (Å²) in [5, 5.41) is 0. The Balaban J connectivity index is 4.09. The smallest absolute Gasteiger partial charge is 0.339 e. The van der Waals surface area contributed by atoms with Crippen LogP contribution in [0.4, 0.5) is 0 Å². The van der Waals surface area contributed by atoms with Crippen molar-refractivity contribution in [3.05, 3.63) is 0 Å². The van der Waals surface area contributed by atoms with Gasteiger partial charge in [-0.1, -0.05) is 17.5 Å². The Morgan fingerprint density at radius 1 is 1.90 bits per heavy atom. The van der Waals surface area contributed by atoms with Gasteiger partial charge < -0.3 is 4.74 Å². The fourth-order valence-electron chi connectivity index (χ4n) is 0.326. The van der Waals surface area contributed by atoms with Gasteiger partial charge >= 0.3 is 5.97 Å². The molecule has 2 nitrogen and oxygen atoms in total. The number of ether oxygens (including phenoxy) is 1. The van der Waals surface area contributed by atoms with Crippen molar-refractivity contribution in [2.45, 2.75) is 18.7 Å². The summed E-state index contributed by atoms with van der Waals surface area (Å²) in [7, 11) is 0. The molecule has 0 saturated heterocycles. The zero-order chi connectivity index (χ0) is 8.20. The molecule has 0 aliphatic carbocycles. The minimum atomic E-state index is -1.31. The molecule has 0 fully saturated rings. The maximum Gasteiger partial charge on any atom is 0.339 e. The molecule has 0 rings (SSSR count). The summed E-state index contributed by atoms with van der Waals surface area (Å²) in [6.45, 7) is 3.41. The molecule has 0 aromatic rings. The SMILES string of the molecule is C#CC(C)(Cl)C(=O)OCC. The molecule has 0 N–H and O–H groups in total. The first-order valence-corrected chi connectivity index (χ1v) is 3.26. The number of esters is 1. The number of terminal acetylenes is 1. The van der Waals surface area contributed by atoms with E-state index in [9.17, 15) is 4.79 Å². The van der Waals surface area contributed by atoms with Crippen molar-refractivity contribution >= 4 is 17.6 Å². The second kappa shape index (κ2) is 3.48. The van der Waals surface area contributed by atoms with Crippen LogP contribution in [0.3, 0.4) is 0 Å². The lowest BCUT2D eigenvalue weighted by Gasteiger charge is -2.11. The molecule has 0 saturated carbocycles. The number of hydrogen-bond donors (Lipinski definition) is 0. The highest BCUT2D eigenvalue weighted by molar-refractivity contribution is 6.36. The zero-order valence-electron chi connectivity index (χ0n) is 5.98. The lowest BCUT2D eigenvalue weighted by molar-refractivity contribution is -0.144. The Morgan fingerprint density at radius 3 is 2.70 bits per heavy atom. The monoisotopic (exact) mass is 160 g/mol. The Kier molecular flexibility index (Phi) is 3.24. The van der Waals surface area contributed by atoms with Gasteiger partial charge in [-0.15, -0.1) is 6.42 Å². The van der Waals surface area contributed by atoms with Crippen LogP contribution in [0.2, 0.25) is 0 Å². The third-order valence-electron chi connectivity index (χ3n) is 0.930. The Morgan fingerprint density at radius 2 is 2.40 bits per heavy atom. The first-order chi connectivity index (χ1) is 4.54. The van der Waals surface area contributed by atoms with Crippen molar-refractivity contribution in [3.63, 3.8) is 0 Å². The molecule has 0 spiro atoms. The van der Waals surface area contributed by atoms with Crippen LogP contribution in [0.15, 0.2) is 0 Å². The van der Waals surface area contributed by atoms with Crippen molar-refractivity contribution < 1.29 is 9.53 Å². The second-order valence-corrected chi connectivity index (χ2v) is 2.62. The van der Waals surface area contributed by atoms with E-state index < -0.39 is 10.8 Å². The molecule has 0 aromatic heterocycles. The first kappa shape index (κ1) is 9.32. The summed E-state index contributed by atoms with van der Waals surface area (Å²) < 4.78 is 4.58. The van der Waals surface area contributed by atoms with Gasteiger partial charge in [-0.25, -0.2) is 4.79 Å². The standard InChI is InChI=1S/C7H9ClO2/c1-4-7(3,8)6(9)10-5-2/h1H,5H2,2-3H3. The minimum absolute atomic E-state index is 0.294. The molecule has 56 valence electrons. The van der Waals surface area contributed by atoms with Crippen LogP contribution >= 0.6 is 11.6 Å². The minimum Gasteiger partial charge on any atom is -0.464 e. The maximum atomic E-state index is 10.8. The zero-order valence-corrected chi connectivity index (χ0v) is 6.73. The van der Waals surface area contributed by atoms with E-state index >= 15 is 0 Å². The largest absolute Gasteiger partial charge is 0.464 e. The van der Waals surface area contributed by atoms with Crippen LogP contribution in [-0.4, -0.2) is 17.5 Å². The van der Waals surface area contributed by atoms with Crippen LogP contribution in [0.1, 0.15) is 13.8 Å². The van der Waals surface area contributed by atoms with Gasteiger partial charge in [-0.2, -0.15) is 0 Å². The van der Waals surface area contributed by atoms with Gasteiger partial charge in [0.1, 0.15) is 0 Å². The van der Waals surface area contributed by atoms with E-state index in [2.05, 4.69) is 10.7 Å². The summed E-state index contributed by atoms with van der Waals surface area (Å²) in [5.41, 5.74) is 0. The molecule has 0 aromatic carbocycles. The molecule has 0 aliphatic rings. The van der Waals surface area contributed by atoms with Crippen LogP contribution < -0.4 is 0 Å². The van der Waals surface area contributed by atoms with Gasteiger partial charge in [0.2, 0.25) is 0 Å². The number of hydrogen-bond acceptors (Lipinski definition) is 2. The van der Waals surface area contributed by atoms with Crippen molar-refractivity contribution in [2.24, 2.45) is 0 Å². The van der Waals surface area contributed by atoms with E-state index in [0.717, 1.165) is 0 Å². The second-order valence-electron chi connectivity index (χ2n) is 1.87. The highest BCUT2D eigenvalue weighted by Crippen LogP contribution is 2.13. The van der Waals surface area contributed by atoms with Gasteiger partial charge in [0, 0.05) is 0 Å². The van der Waals surface area contributed by atoms with Gasteiger partial charge in [-0.3, -0.25) is 0 Å². The highest BCUT2D eigenvalue weighted by Gasteiger charge is 2.29. The van der Waals surface area contributed by atoms with Crippen molar-refractivity contribution in [2.75, 3.05) is 6.61 Å². The molecule has 0 heterocycles. The Hall–Kier alpha value is -0.680. The molecule has 3 heteroatoms. The van der Waals surface area contributed by atoms with Crippen LogP contribution in [0.5, 0.6) is 0 Å². The fraction of sp³-hybridized carbons (Fsp3) is 0.571. The molecule has 10 heavy (non-hydrogen) atoms. The Labute approximate surface area is 65.5 Å². The molecular weight excluding hydrogens is 152 g/mol. The van der Waals surface area contributed by atoms with Crippen molar-refractivity contribution in [1.82, 2.24) is 0 Å². The predicted octanol–water partition coefficient (Wildman–Crippen LogP) is 1.18. The van der Waals surface area contributed by atoms with Gasteiger partial charge in [-0.05, 0) is 13.8 Å². The molecule has 0 radical (unpaired) electrons. The van der Waals surface area contributed by atoms with E-state index in [4.69, 9.17) is 18.0 Å². The average Bonchev–Trinajstić information content (AvgIpc) is 1.89. The van der Waals surface area contributed by atoms with Crippen LogP contribution in [0, 0.1) is 12.3 Å². The van der Waals surface area contributed by atoms with Crippen LogP contribution in [-0.2, 0) is 9.53 Å². The molecule has 0 amide bonds. The summed E-state index contributed by atoms with van der Waals surface area (Å²) in [4.78, 5) is 9.49. The summed E-state index contributed by atoms with van der Waals surface area (Å²) in [5.74, 6) is 1.55. The number of rotatable bonds is 2. The Bertz CT molecular complexity index is 167. The van der Waals surface area contributed by atoms with E-state index in [1.807, 2.05) is 0 Å². The topological polar surface area (TPSA) is 26.3 Å². The van der Waals surface area contributed by atoms with Gasteiger partial charge in [0.15, 0.2) is 4.87 Å². The molecular formula is C7H9ClO2. The molecule has 1 unspecified atom stereocenters. The average molecular weight is 161 g/mol. The van der Waals surface area contributed by atoms with Crippen molar-refractivity contribution in [1.29, 1.82) is 0 Å². The fourth-order valence-corrected chi connectivity index (χ4v) is 0.380. The number of carbonyl (C=O) groups is 1. The van der Waals surface area contributed by atoms with Gasteiger partial charge in [0.25, 0.3) is 0 Å². The third kappa shape index (κ3) is 2.28. The lowest BCUT2D eigenvalue weighted by atomic mass is 10.2. The molecule has 1 atom stereocenters. The summed E-state index contributed by atoms with van der Waals surface area (Å²) in [6, 6.07) is 0. The number of alkyl halides is 1. The van der Waals surface area contributed by atoms with E-state index in [0.29, 0.717) is 6.61 Å². The number of halogens is 1. The van der Waals surface area contributed by atoms with Crippen LogP contribution in [0.25, 0.3) is 0 Å². The van der Waals surface area contributed by atoms with E-state index in [-0.39, 0.29) is 0 Å². The summed E-state index contributed by atoms with van der Waals surface area (Å²) >= 11 is 5.54. The van der Waals surface area contributed by atoms with E-state index in [1.165, 1.54) is 6.92 Å². The lowest BCUT2D eigenvalue weighted by Crippen LogP contribution is -2.28. The maximum absolute atomic E-state index is 10.8. The van der Waals surface area contributed by atoms with E-state index in [1.54, 1.807) is 6.92 Å².